The number of benzene rings is 1. The van der Waals surface area contributed by atoms with Crippen LogP contribution in [0, 0.1) is 5.92 Å². The van der Waals surface area contributed by atoms with Crippen molar-refractivity contribution in [2.45, 2.75) is 26.3 Å². The van der Waals surface area contributed by atoms with Crippen LogP contribution < -0.4 is 10.2 Å². The molecule has 0 saturated carbocycles. The molecule has 1 aromatic rings. The predicted molar refractivity (Wildman–Crippen MR) is 78.7 cm³/mol. The summed E-state index contributed by atoms with van der Waals surface area (Å²) in [5, 5.41) is 11.7. The van der Waals surface area contributed by atoms with E-state index >= 15 is 0 Å². The number of carbonyl (C=O) groups excluding carboxylic acids is 1. The molecule has 0 heterocycles. The number of aliphatic carboxylic acids is 1. The van der Waals surface area contributed by atoms with Crippen LogP contribution in [0.25, 0.3) is 0 Å². The highest BCUT2D eigenvalue weighted by Crippen LogP contribution is 2.10. The number of nitrogens with one attached hydrogen (secondary N) is 1. The summed E-state index contributed by atoms with van der Waals surface area (Å²) in [4.78, 5) is 24.8. The summed E-state index contributed by atoms with van der Waals surface area (Å²) in [6.07, 6.45) is 0.427. The van der Waals surface area contributed by atoms with Crippen molar-refractivity contribution in [1.82, 2.24) is 5.32 Å². The Morgan fingerprint density at radius 3 is 2.35 bits per heavy atom. The quantitative estimate of drug-likeness (QED) is 0.797. The van der Waals surface area contributed by atoms with Gasteiger partial charge >= 0.3 is 5.97 Å². The predicted octanol–water partition coefficient (Wildman–Crippen LogP) is 1.74. The largest absolute Gasteiger partial charge is 0.480 e. The van der Waals surface area contributed by atoms with Crippen LogP contribution in [0.4, 0.5) is 5.69 Å². The minimum Gasteiger partial charge on any atom is -0.480 e. The molecule has 1 rings (SSSR count). The summed E-state index contributed by atoms with van der Waals surface area (Å²) in [5.41, 5.74) is 0.915. The number of para-hydroxylation sites is 1. The maximum atomic E-state index is 11.9. The van der Waals surface area contributed by atoms with Gasteiger partial charge in [0.05, 0.1) is 6.54 Å². The first-order chi connectivity index (χ1) is 9.40. The van der Waals surface area contributed by atoms with E-state index in [9.17, 15) is 9.59 Å². The number of carbonyl (C=O) groups is 2. The zero-order chi connectivity index (χ0) is 15.1. The summed E-state index contributed by atoms with van der Waals surface area (Å²) in [7, 11) is 1.80. The van der Waals surface area contributed by atoms with Crippen molar-refractivity contribution in [3.63, 3.8) is 0 Å². The lowest BCUT2D eigenvalue weighted by molar-refractivity contribution is -0.142. The molecule has 110 valence electrons. The van der Waals surface area contributed by atoms with E-state index in [1.165, 1.54) is 0 Å². The molecule has 20 heavy (non-hydrogen) atoms. The van der Waals surface area contributed by atoms with Crippen molar-refractivity contribution in [2.24, 2.45) is 5.92 Å². The Morgan fingerprint density at radius 2 is 1.85 bits per heavy atom. The highest BCUT2D eigenvalue weighted by molar-refractivity contribution is 5.86. The van der Waals surface area contributed by atoms with Gasteiger partial charge in [-0.15, -0.1) is 0 Å². The van der Waals surface area contributed by atoms with Gasteiger partial charge in [0.15, 0.2) is 0 Å². The van der Waals surface area contributed by atoms with Gasteiger partial charge in [0.2, 0.25) is 5.91 Å². The van der Waals surface area contributed by atoms with Crippen LogP contribution in [0.3, 0.4) is 0 Å². The molecule has 2 N–H and O–H groups in total. The van der Waals surface area contributed by atoms with Crippen molar-refractivity contribution >= 4 is 17.6 Å². The average molecular weight is 278 g/mol. The number of carboxylic acid groups (broad SMARTS) is 1. The Kier molecular flexibility index (Phi) is 6.03. The van der Waals surface area contributed by atoms with E-state index in [1.54, 1.807) is 11.9 Å². The van der Waals surface area contributed by atoms with Crippen LogP contribution in [-0.4, -0.2) is 36.6 Å². The third-order valence-electron chi connectivity index (χ3n) is 2.92. The van der Waals surface area contributed by atoms with Crippen LogP contribution >= 0.6 is 0 Å². The second kappa shape index (κ2) is 7.53. The third-order valence-corrected chi connectivity index (χ3v) is 2.92. The van der Waals surface area contributed by atoms with Crippen molar-refractivity contribution in [1.29, 1.82) is 0 Å². The monoisotopic (exact) mass is 278 g/mol. The lowest BCUT2D eigenvalue weighted by atomic mass is 10.0. The minimum atomic E-state index is -0.991. The normalized spacial score (nSPS) is 12.0. The fraction of sp³-hybridized carbons (Fsp3) is 0.467. The second-order valence-corrected chi connectivity index (χ2v) is 5.28. The van der Waals surface area contributed by atoms with E-state index < -0.39 is 12.0 Å². The van der Waals surface area contributed by atoms with E-state index in [4.69, 9.17) is 5.11 Å². The van der Waals surface area contributed by atoms with Crippen LogP contribution in [-0.2, 0) is 9.59 Å². The maximum Gasteiger partial charge on any atom is 0.326 e. The molecule has 0 radical (unpaired) electrons. The number of likely N-dealkylation sites (N-methyl/N-ethyl adjacent to an activating group) is 1. The molecular weight excluding hydrogens is 256 g/mol. The standard InChI is InChI=1S/C15H22N2O3/c1-11(2)9-13(15(19)20)16-14(18)10-17(3)12-7-5-4-6-8-12/h4-8,11,13H,9-10H2,1-3H3,(H,16,18)(H,19,20). The van der Waals surface area contributed by atoms with Gasteiger partial charge in [0.1, 0.15) is 6.04 Å². The Labute approximate surface area is 119 Å². The van der Waals surface area contributed by atoms with Gasteiger partial charge in [0.25, 0.3) is 0 Å². The van der Waals surface area contributed by atoms with E-state index in [1.807, 2.05) is 44.2 Å². The average Bonchev–Trinajstić information content (AvgIpc) is 2.38. The first-order valence-corrected chi connectivity index (χ1v) is 6.68. The Balaban J connectivity index is 2.55. The molecule has 5 nitrogen and oxygen atoms in total. The summed E-state index contributed by atoms with van der Waals surface area (Å²) >= 11 is 0. The maximum absolute atomic E-state index is 11.9. The minimum absolute atomic E-state index is 0.131. The first kappa shape index (κ1) is 16.0. The van der Waals surface area contributed by atoms with Crippen molar-refractivity contribution in [2.75, 3.05) is 18.5 Å². The van der Waals surface area contributed by atoms with Gasteiger partial charge in [-0.1, -0.05) is 32.0 Å². The molecule has 0 fully saturated rings. The van der Waals surface area contributed by atoms with Crippen molar-refractivity contribution in [3.8, 4) is 0 Å². The lowest BCUT2D eigenvalue weighted by Gasteiger charge is -2.21. The SMILES string of the molecule is CC(C)CC(NC(=O)CN(C)c1ccccc1)C(=O)O. The Morgan fingerprint density at radius 1 is 1.25 bits per heavy atom. The molecule has 0 aliphatic rings. The Hall–Kier alpha value is -2.04. The van der Waals surface area contributed by atoms with Crippen LogP contribution in [0.1, 0.15) is 20.3 Å². The molecule has 0 spiro atoms. The first-order valence-electron chi connectivity index (χ1n) is 6.68. The fourth-order valence-electron chi connectivity index (χ4n) is 1.92. The number of carboxylic acids is 1. The molecule has 1 aromatic carbocycles. The van der Waals surface area contributed by atoms with Gasteiger partial charge in [-0.05, 0) is 24.5 Å². The van der Waals surface area contributed by atoms with Crippen molar-refractivity contribution in [3.05, 3.63) is 30.3 Å². The Bertz CT molecular complexity index is 446. The molecule has 1 amide bonds. The van der Waals surface area contributed by atoms with Gasteiger partial charge in [-0.25, -0.2) is 4.79 Å². The van der Waals surface area contributed by atoms with Gasteiger partial charge in [-0.2, -0.15) is 0 Å². The number of anilines is 1. The topological polar surface area (TPSA) is 69.6 Å². The summed E-state index contributed by atoms with van der Waals surface area (Å²) in [5.74, 6) is -1.07. The molecule has 5 heteroatoms. The van der Waals surface area contributed by atoms with E-state index in [2.05, 4.69) is 5.32 Å². The number of amides is 1. The molecule has 0 saturated heterocycles. The molecular formula is C15H22N2O3. The van der Waals surface area contributed by atoms with E-state index in [0.29, 0.717) is 6.42 Å². The van der Waals surface area contributed by atoms with Crippen LogP contribution in [0.5, 0.6) is 0 Å². The number of hydrogen-bond donors (Lipinski definition) is 2. The van der Waals surface area contributed by atoms with E-state index in [-0.39, 0.29) is 18.4 Å². The molecule has 0 aliphatic heterocycles. The number of nitrogens with zero attached hydrogens (tertiary/aromatic N) is 1. The summed E-state index contributed by atoms with van der Waals surface area (Å²) in [6.45, 7) is 3.99. The molecule has 1 atom stereocenters. The van der Waals surface area contributed by atoms with Gasteiger partial charge in [-0.3, -0.25) is 4.79 Å². The zero-order valence-corrected chi connectivity index (χ0v) is 12.2. The van der Waals surface area contributed by atoms with E-state index in [0.717, 1.165) is 5.69 Å². The van der Waals surface area contributed by atoms with Gasteiger partial charge < -0.3 is 15.3 Å². The third kappa shape index (κ3) is 5.30. The fourth-order valence-corrected chi connectivity index (χ4v) is 1.92. The lowest BCUT2D eigenvalue weighted by Crippen LogP contribution is -2.45. The van der Waals surface area contributed by atoms with Gasteiger partial charge in [0, 0.05) is 12.7 Å². The number of rotatable bonds is 7. The van der Waals surface area contributed by atoms with Crippen molar-refractivity contribution < 1.29 is 14.7 Å². The van der Waals surface area contributed by atoms with Crippen LogP contribution in [0.2, 0.25) is 0 Å². The smallest absolute Gasteiger partial charge is 0.326 e. The molecule has 0 aliphatic carbocycles. The summed E-state index contributed by atoms with van der Waals surface area (Å²) in [6, 6.07) is 8.66. The highest BCUT2D eigenvalue weighted by Gasteiger charge is 2.21. The second-order valence-electron chi connectivity index (χ2n) is 5.28. The number of hydrogen-bond acceptors (Lipinski definition) is 3. The summed E-state index contributed by atoms with van der Waals surface area (Å²) < 4.78 is 0. The molecule has 0 aromatic heterocycles. The highest BCUT2D eigenvalue weighted by atomic mass is 16.4. The zero-order valence-electron chi connectivity index (χ0n) is 12.2. The molecule has 1 unspecified atom stereocenters. The molecule has 0 bridgehead atoms. The van der Waals surface area contributed by atoms with Crippen LogP contribution in [0.15, 0.2) is 30.3 Å².